The van der Waals surface area contributed by atoms with E-state index in [4.69, 9.17) is 23.2 Å². The Morgan fingerprint density at radius 1 is 1.24 bits per heavy atom. The van der Waals surface area contributed by atoms with Crippen LogP contribution in [0.1, 0.15) is 17.7 Å². The summed E-state index contributed by atoms with van der Waals surface area (Å²) in [5, 5.41) is 5.09. The van der Waals surface area contributed by atoms with Crippen molar-refractivity contribution in [2.24, 2.45) is 0 Å². The maximum atomic E-state index is 13.4. The van der Waals surface area contributed by atoms with Crippen molar-refractivity contribution in [2.45, 2.75) is 19.3 Å². The van der Waals surface area contributed by atoms with Crippen LogP contribution in [0.25, 0.3) is 5.69 Å². The van der Waals surface area contributed by atoms with Gasteiger partial charge in [-0.1, -0.05) is 23.2 Å². The molecule has 0 fully saturated rings. The van der Waals surface area contributed by atoms with Gasteiger partial charge in [-0.2, -0.15) is 5.10 Å². The van der Waals surface area contributed by atoms with E-state index in [-0.39, 0.29) is 5.02 Å². The van der Waals surface area contributed by atoms with Crippen molar-refractivity contribution in [3.8, 4) is 5.69 Å². The lowest BCUT2D eigenvalue weighted by atomic mass is 10.3. The Kier molecular flexibility index (Phi) is 2.60. The van der Waals surface area contributed by atoms with Crippen molar-refractivity contribution >= 4 is 23.2 Å². The van der Waals surface area contributed by atoms with Crippen LogP contribution < -0.4 is 0 Å². The van der Waals surface area contributed by atoms with Crippen LogP contribution in [0.2, 0.25) is 10.2 Å². The van der Waals surface area contributed by atoms with Gasteiger partial charge in [-0.15, -0.1) is 0 Å². The number of hydrogen-bond acceptors (Lipinski definition) is 1. The van der Waals surface area contributed by atoms with Gasteiger partial charge in [0.15, 0.2) is 0 Å². The van der Waals surface area contributed by atoms with E-state index in [2.05, 4.69) is 5.10 Å². The number of rotatable bonds is 1. The third kappa shape index (κ3) is 1.74. The predicted molar refractivity (Wildman–Crippen MR) is 65.6 cm³/mol. The molecule has 0 radical (unpaired) electrons. The van der Waals surface area contributed by atoms with E-state index in [1.54, 1.807) is 10.7 Å². The molecule has 2 nitrogen and oxygen atoms in total. The van der Waals surface area contributed by atoms with E-state index in [9.17, 15) is 4.39 Å². The molecule has 0 saturated carbocycles. The van der Waals surface area contributed by atoms with E-state index < -0.39 is 5.82 Å². The molecule has 1 aromatic heterocycles. The van der Waals surface area contributed by atoms with Crippen LogP contribution in [0.15, 0.2) is 18.2 Å². The molecule has 0 aliphatic heterocycles. The Hall–Kier alpha value is -1.06. The topological polar surface area (TPSA) is 17.8 Å². The van der Waals surface area contributed by atoms with Crippen molar-refractivity contribution in [2.75, 3.05) is 0 Å². The summed E-state index contributed by atoms with van der Waals surface area (Å²) in [4.78, 5) is 0. The van der Waals surface area contributed by atoms with Crippen LogP contribution in [0.4, 0.5) is 4.39 Å². The zero-order chi connectivity index (χ0) is 12.0. The predicted octanol–water partition coefficient (Wildman–Crippen LogP) is 3.81. The summed E-state index contributed by atoms with van der Waals surface area (Å²) in [7, 11) is 0. The van der Waals surface area contributed by atoms with Crippen LogP contribution in [0.5, 0.6) is 0 Å². The second kappa shape index (κ2) is 4.00. The lowest BCUT2D eigenvalue weighted by molar-refractivity contribution is 0.625. The van der Waals surface area contributed by atoms with Crippen molar-refractivity contribution in [3.05, 3.63) is 45.4 Å². The molecule has 5 heteroatoms. The van der Waals surface area contributed by atoms with Gasteiger partial charge in [0, 0.05) is 11.6 Å². The zero-order valence-corrected chi connectivity index (χ0v) is 10.4. The molecule has 0 amide bonds. The Bertz CT molecular complexity index is 592. The van der Waals surface area contributed by atoms with Gasteiger partial charge >= 0.3 is 0 Å². The fraction of sp³-hybridized carbons (Fsp3) is 0.250. The Labute approximate surface area is 108 Å². The SMILES string of the molecule is Fc1cc(-n2nc3c(c2Cl)CCC3)ccc1Cl. The van der Waals surface area contributed by atoms with Gasteiger partial charge in [0.2, 0.25) is 0 Å². The van der Waals surface area contributed by atoms with Crippen molar-refractivity contribution < 1.29 is 4.39 Å². The molecular weight excluding hydrogens is 262 g/mol. The summed E-state index contributed by atoms with van der Waals surface area (Å²) in [6.45, 7) is 0. The van der Waals surface area contributed by atoms with Gasteiger partial charge in [-0.25, -0.2) is 9.07 Å². The van der Waals surface area contributed by atoms with Crippen molar-refractivity contribution in [3.63, 3.8) is 0 Å². The van der Waals surface area contributed by atoms with Gasteiger partial charge in [0.25, 0.3) is 0 Å². The first kappa shape index (κ1) is 11.1. The number of benzene rings is 1. The quantitative estimate of drug-likeness (QED) is 0.771. The summed E-state index contributed by atoms with van der Waals surface area (Å²) in [6.07, 6.45) is 2.98. The van der Waals surface area contributed by atoms with Gasteiger partial charge in [0.1, 0.15) is 11.0 Å². The first-order chi connectivity index (χ1) is 8.16. The van der Waals surface area contributed by atoms with Gasteiger partial charge in [0.05, 0.1) is 16.4 Å². The summed E-state index contributed by atoms with van der Waals surface area (Å²) in [5.74, 6) is -0.462. The summed E-state index contributed by atoms with van der Waals surface area (Å²) in [5.41, 5.74) is 2.71. The molecule has 1 heterocycles. The number of fused-ring (bicyclic) bond motifs is 1. The van der Waals surface area contributed by atoms with Crippen molar-refractivity contribution in [1.29, 1.82) is 0 Å². The molecule has 88 valence electrons. The molecule has 1 aromatic carbocycles. The van der Waals surface area contributed by atoms with Crippen LogP contribution in [-0.4, -0.2) is 9.78 Å². The standard InChI is InChI=1S/C12H9Cl2FN2/c13-9-5-4-7(6-10(9)15)17-12(14)8-2-1-3-11(8)16-17/h4-6H,1-3H2. The summed E-state index contributed by atoms with van der Waals surface area (Å²) in [6, 6.07) is 4.56. The lowest BCUT2D eigenvalue weighted by Gasteiger charge is -2.05. The van der Waals surface area contributed by atoms with E-state index in [1.165, 1.54) is 12.1 Å². The minimum atomic E-state index is -0.462. The van der Waals surface area contributed by atoms with E-state index in [0.29, 0.717) is 10.8 Å². The van der Waals surface area contributed by atoms with Crippen molar-refractivity contribution in [1.82, 2.24) is 9.78 Å². The highest BCUT2D eigenvalue weighted by Gasteiger charge is 2.21. The van der Waals surface area contributed by atoms with Crippen LogP contribution >= 0.6 is 23.2 Å². The average Bonchev–Trinajstić information content (AvgIpc) is 2.86. The van der Waals surface area contributed by atoms with Crippen LogP contribution in [0.3, 0.4) is 0 Å². The minimum absolute atomic E-state index is 0.101. The maximum absolute atomic E-state index is 13.4. The first-order valence-electron chi connectivity index (χ1n) is 5.38. The second-order valence-corrected chi connectivity index (χ2v) is 4.85. The molecule has 0 saturated heterocycles. The molecule has 0 unspecified atom stereocenters. The first-order valence-corrected chi connectivity index (χ1v) is 6.14. The molecule has 1 aliphatic rings. The maximum Gasteiger partial charge on any atom is 0.143 e. The molecule has 1 aliphatic carbocycles. The smallest absolute Gasteiger partial charge is 0.143 e. The van der Waals surface area contributed by atoms with Crippen LogP contribution in [0, 0.1) is 5.82 Å². The second-order valence-electron chi connectivity index (χ2n) is 4.08. The van der Waals surface area contributed by atoms with Gasteiger partial charge in [-0.3, -0.25) is 0 Å². The number of hydrogen-bond donors (Lipinski definition) is 0. The molecule has 2 aromatic rings. The third-order valence-electron chi connectivity index (χ3n) is 2.99. The van der Waals surface area contributed by atoms with E-state index >= 15 is 0 Å². The molecule has 0 bridgehead atoms. The average molecular weight is 271 g/mol. The molecule has 17 heavy (non-hydrogen) atoms. The number of aryl methyl sites for hydroxylation is 1. The minimum Gasteiger partial charge on any atom is -0.222 e. The third-order valence-corrected chi connectivity index (χ3v) is 3.69. The monoisotopic (exact) mass is 270 g/mol. The lowest BCUT2D eigenvalue weighted by Crippen LogP contribution is -1.99. The number of aromatic nitrogens is 2. The highest BCUT2D eigenvalue weighted by atomic mass is 35.5. The summed E-state index contributed by atoms with van der Waals surface area (Å²) >= 11 is 11.9. The van der Waals surface area contributed by atoms with E-state index in [1.807, 2.05) is 0 Å². The molecule has 0 atom stereocenters. The Morgan fingerprint density at radius 3 is 2.76 bits per heavy atom. The fourth-order valence-electron chi connectivity index (χ4n) is 2.14. The number of nitrogens with zero attached hydrogens (tertiary/aromatic N) is 2. The molecule has 0 N–H and O–H groups in total. The molecule has 3 rings (SSSR count). The molecular formula is C12H9Cl2FN2. The Morgan fingerprint density at radius 2 is 2.06 bits per heavy atom. The van der Waals surface area contributed by atoms with E-state index in [0.717, 1.165) is 30.5 Å². The highest BCUT2D eigenvalue weighted by molar-refractivity contribution is 6.31. The Balaban J connectivity index is 2.12. The largest absolute Gasteiger partial charge is 0.222 e. The molecule has 0 spiro atoms. The fourth-order valence-corrected chi connectivity index (χ4v) is 2.60. The highest BCUT2D eigenvalue weighted by Crippen LogP contribution is 2.31. The van der Waals surface area contributed by atoms with Gasteiger partial charge < -0.3 is 0 Å². The van der Waals surface area contributed by atoms with Gasteiger partial charge in [-0.05, 0) is 31.4 Å². The zero-order valence-electron chi connectivity index (χ0n) is 8.88. The summed E-state index contributed by atoms with van der Waals surface area (Å²) < 4.78 is 15.0. The number of halogens is 3. The van der Waals surface area contributed by atoms with Crippen LogP contribution in [-0.2, 0) is 12.8 Å². The normalized spacial score (nSPS) is 14.1.